The fraction of sp³-hybridized carbons (Fsp3) is 0.0417. The lowest BCUT2D eigenvalue weighted by molar-refractivity contribution is -0.111. The molecule has 30 heavy (non-hydrogen) atoms. The van der Waals surface area contributed by atoms with Gasteiger partial charge in [-0.25, -0.2) is 9.07 Å². The molecule has 2 heterocycles. The van der Waals surface area contributed by atoms with Gasteiger partial charge in [0.15, 0.2) is 0 Å². The van der Waals surface area contributed by atoms with Crippen molar-refractivity contribution in [2.75, 3.05) is 5.32 Å². The number of carbonyl (C=O) groups is 1. The molecule has 0 bridgehead atoms. The number of rotatable bonds is 5. The Morgan fingerprint density at radius 3 is 2.70 bits per heavy atom. The van der Waals surface area contributed by atoms with Crippen LogP contribution in [0.25, 0.3) is 23.0 Å². The molecule has 0 atom stereocenters. The molecule has 0 aliphatic heterocycles. The third-order valence-electron chi connectivity index (χ3n) is 4.57. The molecule has 0 aliphatic carbocycles. The topological polar surface area (TPSA) is 59.8 Å². The van der Waals surface area contributed by atoms with E-state index in [1.54, 1.807) is 29.2 Å². The molecule has 0 aliphatic rings. The predicted octanol–water partition coefficient (Wildman–Crippen LogP) is 5.03. The number of aromatic nitrogens is 3. The number of amides is 1. The average molecular weight is 398 g/mol. The average Bonchev–Trinajstić information content (AvgIpc) is 3.20. The summed E-state index contributed by atoms with van der Waals surface area (Å²) in [5.74, 6) is -0.754. The summed E-state index contributed by atoms with van der Waals surface area (Å²) in [6.45, 7) is 1.81. The third kappa shape index (κ3) is 4.33. The van der Waals surface area contributed by atoms with Crippen LogP contribution in [0.3, 0.4) is 0 Å². The van der Waals surface area contributed by atoms with Gasteiger partial charge < -0.3 is 5.32 Å². The van der Waals surface area contributed by atoms with E-state index in [2.05, 4.69) is 15.4 Å². The molecular formula is C24H19FN4O. The minimum Gasteiger partial charge on any atom is -0.322 e. The van der Waals surface area contributed by atoms with E-state index in [9.17, 15) is 9.18 Å². The Labute approximate surface area is 173 Å². The first kappa shape index (κ1) is 19.3. The van der Waals surface area contributed by atoms with Gasteiger partial charge in [0.05, 0.1) is 5.69 Å². The highest BCUT2D eigenvalue weighted by Crippen LogP contribution is 2.24. The first-order chi connectivity index (χ1) is 14.6. The van der Waals surface area contributed by atoms with Crippen molar-refractivity contribution in [1.82, 2.24) is 14.8 Å². The second kappa shape index (κ2) is 8.53. The van der Waals surface area contributed by atoms with Gasteiger partial charge in [0.1, 0.15) is 11.5 Å². The summed E-state index contributed by atoms with van der Waals surface area (Å²) in [5.41, 5.74) is 4.44. The SMILES string of the molecule is Cc1ccc(F)cc1NC(=O)/C=C/c1cn(-c2ccccc2)nc1-c1cccnc1. The zero-order chi connectivity index (χ0) is 20.9. The van der Waals surface area contributed by atoms with E-state index in [1.807, 2.05) is 55.6 Å². The number of halogens is 1. The molecule has 0 saturated carbocycles. The summed E-state index contributed by atoms with van der Waals surface area (Å²) >= 11 is 0. The molecule has 2 aromatic carbocycles. The van der Waals surface area contributed by atoms with E-state index >= 15 is 0 Å². The monoisotopic (exact) mass is 398 g/mol. The normalized spacial score (nSPS) is 11.0. The highest BCUT2D eigenvalue weighted by Gasteiger charge is 2.11. The Balaban J connectivity index is 1.64. The lowest BCUT2D eigenvalue weighted by atomic mass is 10.1. The van der Waals surface area contributed by atoms with Crippen LogP contribution in [0.5, 0.6) is 0 Å². The summed E-state index contributed by atoms with van der Waals surface area (Å²) < 4.78 is 15.2. The van der Waals surface area contributed by atoms with E-state index in [0.717, 1.165) is 22.4 Å². The number of para-hydroxylation sites is 1. The number of benzene rings is 2. The van der Waals surface area contributed by atoms with Gasteiger partial charge in [-0.1, -0.05) is 24.3 Å². The molecule has 0 fully saturated rings. The maximum atomic E-state index is 13.5. The predicted molar refractivity (Wildman–Crippen MR) is 116 cm³/mol. The first-order valence-corrected chi connectivity index (χ1v) is 9.41. The van der Waals surface area contributed by atoms with Gasteiger partial charge in [0, 0.05) is 41.5 Å². The van der Waals surface area contributed by atoms with E-state index in [0.29, 0.717) is 11.4 Å². The van der Waals surface area contributed by atoms with Crippen LogP contribution in [0.1, 0.15) is 11.1 Å². The largest absolute Gasteiger partial charge is 0.322 e. The quantitative estimate of drug-likeness (QED) is 0.480. The molecule has 4 rings (SSSR count). The summed E-state index contributed by atoms with van der Waals surface area (Å²) in [7, 11) is 0. The molecule has 1 amide bonds. The van der Waals surface area contributed by atoms with Crippen molar-refractivity contribution in [3.8, 4) is 16.9 Å². The molecule has 5 nitrogen and oxygen atoms in total. The van der Waals surface area contributed by atoms with Crippen molar-refractivity contribution in [2.45, 2.75) is 6.92 Å². The van der Waals surface area contributed by atoms with Gasteiger partial charge in [-0.05, 0) is 55.0 Å². The molecular weight excluding hydrogens is 379 g/mol. The van der Waals surface area contributed by atoms with Crippen molar-refractivity contribution in [3.63, 3.8) is 0 Å². The lowest BCUT2D eigenvalue weighted by Gasteiger charge is -2.06. The molecule has 0 unspecified atom stereocenters. The van der Waals surface area contributed by atoms with Crippen LogP contribution in [0.2, 0.25) is 0 Å². The van der Waals surface area contributed by atoms with E-state index in [-0.39, 0.29) is 5.91 Å². The standard InChI is InChI=1S/C24H19FN4O/c1-17-9-11-20(25)14-22(17)27-23(30)12-10-19-16-29(21-7-3-2-4-8-21)28-24(19)18-6-5-13-26-15-18/h2-16H,1H3,(H,27,30)/b12-10+. The van der Waals surface area contributed by atoms with Crippen LogP contribution in [0, 0.1) is 12.7 Å². The number of pyridine rings is 1. The summed E-state index contributed by atoms with van der Waals surface area (Å²) in [5, 5.41) is 7.40. The summed E-state index contributed by atoms with van der Waals surface area (Å²) in [6.07, 6.45) is 8.39. The third-order valence-corrected chi connectivity index (χ3v) is 4.57. The zero-order valence-corrected chi connectivity index (χ0v) is 16.3. The van der Waals surface area contributed by atoms with E-state index < -0.39 is 5.82 Å². The second-order valence-electron chi connectivity index (χ2n) is 6.74. The van der Waals surface area contributed by atoms with Crippen molar-refractivity contribution in [2.24, 2.45) is 0 Å². The Kier molecular flexibility index (Phi) is 5.48. The highest BCUT2D eigenvalue weighted by molar-refractivity contribution is 6.02. The zero-order valence-electron chi connectivity index (χ0n) is 16.3. The van der Waals surface area contributed by atoms with Crippen LogP contribution in [0.15, 0.2) is 85.3 Å². The highest BCUT2D eigenvalue weighted by atomic mass is 19.1. The Morgan fingerprint density at radius 1 is 1.10 bits per heavy atom. The van der Waals surface area contributed by atoms with Crippen molar-refractivity contribution in [1.29, 1.82) is 0 Å². The fourth-order valence-electron chi connectivity index (χ4n) is 3.02. The minimum atomic E-state index is -0.400. The molecule has 0 saturated heterocycles. The smallest absolute Gasteiger partial charge is 0.248 e. The number of anilines is 1. The van der Waals surface area contributed by atoms with E-state index in [1.165, 1.54) is 18.2 Å². The first-order valence-electron chi connectivity index (χ1n) is 9.41. The van der Waals surface area contributed by atoms with Gasteiger partial charge in [0.25, 0.3) is 0 Å². The fourth-order valence-corrected chi connectivity index (χ4v) is 3.02. The molecule has 0 spiro atoms. The summed E-state index contributed by atoms with van der Waals surface area (Å²) in [6, 6.07) is 17.8. The van der Waals surface area contributed by atoms with Gasteiger partial charge in [-0.3, -0.25) is 9.78 Å². The molecule has 2 aromatic heterocycles. The number of hydrogen-bond donors (Lipinski definition) is 1. The Morgan fingerprint density at radius 2 is 1.93 bits per heavy atom. The van der Waals surface area contributed by atoms with Gasteiger partial charge in [-0.2, -0.15) is 5.10 Å². The number of nitrogens with one attached hydrogen (secondary N) is 1. The number of hydrogen-bond acceptors (Lipinski definition) is 3. The minimum absolute atomic E-state index is 0.353. The molecule has 4 aromatic rings. The van der Waals surface area contributed by atoms with E-state index in [4.69, 9.17) is 0 Å². The van der Waals surface area contributed by atoms with Crippen LogP contribution >= 0.6 is 0 Å². The van der Waals surface area contributed by atoms with Gasteiger partial charge in [0.2, 0.25) is 5.91 Å². The van der Waals surface area contributed by atoms with Gasteiger partial charge in [-0.15, -0.1) is 0 Å². The molecule has 0 radical (unpaired) electrons. The van der Waals surface area contributed by atoms with Crippen molar-refractivity contribution in [3.05, 3.63) is 102 Å². The van der Waals surface area contributed by atoms with Crippen LogP contribution in [-0.4, -0.2) is 20.7 Å². The Bertz CT molecular complexity index is 1200. The maximum absolute atomic E-state index is 13.5. The Hall–Kier alpha value is -4.06. The van der Waals surface area contributed by atoms with Crippen LogP contribution < -0.4 is 5.32 Å². The number of carbonyl (C=O) groups excluding carboxylic acids is 1. The number of nitrogens with zero attached hydrogens (tertiary/aromatic N) is 3. The number of aryl methyl sites for hydroxylation is 1. The molecule has 6 heteroatoms. The van der Waals surface area contributed by atoms with Crippen molar-refractivity contribution >= 4 is 17.7 Å². The second-order valence-corrected chi connectivity index (χ2v) is 6.74. The molecule has 148 valence electrons. The summed E-state index contributed by atoms with van der Waals surface area (Å²) in [4.78, 5) is 16.6. The lowest BCUT2D eigenvalue weighted by Crippen LogP contribution is -2.09. The molecule has 1 N–H and O–H groups in total. The van der Waals surface area contributed by atoms with Crippen molar-refractivity contribution < 1.29 is 9.18 Å². The van der Waals surface area contributed by atoms with Gasteiger partial charge >= 0.3 is 0 Å². The van der Waals surface area contributed by atoms with Crippen LogP contribution in [0.4, 0.5) is 10.1 Å². The maximum Gasteiger partial charge on any atom is 0.248 e. The van der Waals surface area contributed by atoms with Crippen LogP contribution in [-0.2, 0) is 4.79 Å².